The van der Waals surface area contributed by atoms with Crippen molar-refractivity contribution in [1.29, 1.82) is 0 Å². The van der Waals surface area contributed by atoms with E-state index in [1.54, 1.807) is 31.2 Å². The number of aliphatic hydroxyl groups excluding tert-OH is 1. The van der Waals surface area contributed by atoms with Crippen LogP contribution in [0, 0.1) is 10.1 Å². The average molecular weight is 290 g/mol. The molecule has 0 unspecified atom stereocenters. The molecule has 0 aliphatic rings. The van der Waals surface area contributed by atoms with Crippen molar-refractivity contribution in [3.63, 3.8) is 0 Å². The first-order valence-corrected chi connectivity index (χ1v) is 6.27. The molecule has 2 rings (SSSR count). The summed E-state index contributed by atoms with van der Waals surface area (Å²) < 4.78 is 5.49. The highest BCUT2D eigenvalue weighted by Crippen LogP contribution is 2.34. The number of hydrogen-bond acceptors (Lipinski definition) is 7. The summed E-state index contributed by atoms with van der Waals surface area (Å²) in [5, 5.41) is 23.3. The first-order chi connectivity index (χ1) is 10.2. The Balaban J connectivity index is 2.44. The lowest BCUT2D eigenvalue weighted by atomic mass is 10.2. The Bertz CT molecular complexity index is 648. The molecule has 2 aromatic rings. The zero-order chi connectivity index (χ0) is 15.2. The van der Waals surface area contributed by atoms with Crippen LogP contribution in [-0.4, -0.2) is 26.5 Å². The van der Waals surface area contributed by atoms with Gasteiger partial charge in [-0.05, 0) is 13.0 Å². The molecule has 0 saturated heterocycles. The van der Waals surface area contributed by atoms with Crippen molar-refractivity contribution in [2.24, 2.45) is 0 Å². The number of ether oxygens (including phenoxy) is 1. The van der Waals surface area contributed by atoms with E-state index in [1.807, 2.05) is 0 Å². The zero-order valence-electron chi connectivity index (χ0n) is 11.3. The van der Waals surface area contributed by atoms with Gasteiger partial charge in [0.25, 0.3) is 0 Å². The lowest BCUT2D eigenvalue weighted by Gasteiger charge is -2.10. The van der Waals surface area contributed by atoms with E-state index in [9.17, 15) is 15.2 Å². The smallest absolute Gasteiger partial charge is 0.373 e. The normalized spacial score (nSPS) is 10.2. The summed E-state index contributed by atoms with van der Waals surface area (Å²) in [6.45, 7) is 2.03. The van der Waals surface area contributed by atoms with E-state index >= 15 is 0 Å². The van der Waals surface area contributed by atoms with Gasteiger partial charge in [0, 0.05) is 12.1 Å². The SMILES string of the molecule is CCNc1ncnc(Oc2ccccc2CO)c1[N+](=O)[O-]. The number of nitro groups is 1. The van der Waals surface area contributed by atoms with Crippen molar-refractivity contribution >= 4 is 11.5 Å². The van der Waals surface area contributed by atoms with Crippen molar-refractivity contribution in [2.75, 3.05) is 11.9 Å². The van der Waals surface area contributed by atoms with E-state index in [4.69, 9.17) is 4.74 Å². The Hall–Kier alpha value is -2.74. The number of aromatic nitrogens is 2. The number of rotatable bonds is 6. The molecule has 2 N–H and O–H groups in total. The second-order valence-electron chi connectivity index (χ2n) is 4.03. The molecule has 21 heavy (non-hydrogen) atoms. The predicted octanol–water partition coefficient (Wildman–Crippen LogP) is 2.10. The van der Waals surface area contributed by atoms with Crippen molar-refractivity contribution in [1.82, 2.24) is 9.97 Å². The van der Waals surface area contributed by atoms with Gasteiger partial charge in [-0.15, -0.1) is 0 Å². The molecule has 0 amide bonds. The van der Waals surface area contributed by atoms with E-state index in [1.165, 1.54) is 6.33 Å². The number of hydrogen-bond donors (Lipinski definition) is 2. The third kappa shape index (κ3) is 3.23. The minimum Gasteiger partial charge on any atom is -0.433 e. The Kier molecular flexibility index (Phi) is 4.62. The second-order valence-corrected chi connectivity index (χ2v) is 4.03. The summed E-state index contributed by atoms with van der Waals surface area (Å²) >= 11 is 0. The Morgan fingerprint density at radius 1 is 1.38 bits per heavy atom. The van der Waals surface area contributed by atoms with E-state index < -0.39 is 4.92 Å². The number of anilines is 1. The van der Waals surface area contributed by atoms with Gasteiger partial charge in [0.15, 0.2) is 0 Å². The lowest BCUT2D eigenvalue weighted by Crippen LogP contribution is -2.06. The van der Waals surface area contributed by atoms with Gasteiger partial charge in [0.05, 0.1) is 11.5 Å². The quantitative estimate of drug-likeness (QED) is 0.619. The molecule has 1 heterocycles. The number of nitrogens with one attached hydrogen (secondary N) is 1. The molecule has 0 saturated carbocycles. The lowest BCUT2D eigenvalue weighted by molar-refractivity contribution is -0.385. The molecule has 0 aliphatic heterocycles. The predicted molar refractivity (Wildman–Crippen MR) is 75.3 cm³/mol. The first kappa shape index (κ1) is 14.7. The molecule has 0 spiro atoms. The van der Waals surface area contributed by atoms with Crippen LogP contribution in [-0.2, 0) is 6.61 Å². The van der Waals surface area contributed by atoms with Crippen LogP contribution >= 0.6 is 0 Å². The molecule has 0 aliphatic carbocycles. The largest absolute Gasteiger partial charge is 0.433 e. The van der Waals surface area contributed by atoms with Gasteiger partial charge in [0.1, 0.15) is 12.1 Å². The summed E-state index contributed by atoms with van der Waals surface area (Å²) in [5.74, 6) is 0.227. The van der Waals surface area contributed by atoms with Gasteiger partial charge >= 0.3 is 11.6 Å². The highest BCUT2D eigenvalue weighted by Gasteiger charge is 2.25. The van der Waals surface area contributed by atoms with Crippen molar-refractivity contribution in [2.45, 2.75) is 13.5 Å². The number of aliphatic hydroxyl groups is 1. The van der Waals surface area contributed by atoms with Crippen LogP contribution in [0.2, 0.25) is 0 Å². The fourth-order valence-electron chi connectivity index (χ4n) is 1.74. The average Bonchev–Trinajstić information content (AvgIpc) is 2.48. The van der Waals surface area contributed by atoms with Crippen LogP contribution < -0.4 is 10.1 Å². The minimum atomic E-state index is -0.602. The van der Waals surface area contributed by atoms with Gasteiger partial charge in [-0.1, -0.05) is 18.2 Å². The number of benzene rings is 1. The van der Waals surface area contributed by atoms with E-state index in [0.717, 1.165) is 0 Å². The zero-order valence-corrected chi connectivity index (χ0v) is 11.3. The Morgan fingerprint density at radius 3 is 2.81 bits per heavy atom. The molecular formula is C13H14N4O4. The molecule has 110 valence electrons. The van der Waals surface area contributed by atoms with E-state index in [-0.39, 0.29) is 24.0 Å². The third-order valence-corrected chi connectivity index (χ3v) is 2.67. The number of nitrogens with zero attached hydrogens (tertiary/aromatic N) is 3. The molecule has 0 atom stereocenters. The fraction of sp³-hybridized carbons (Fsp3) is 0.231. The molecule has 8 nitrogen and oxygen atoms in total. The maximum Gasteiger partial charge on any atom is 0.373 e. The third-order valence-electron chi connectivity index (χ3n) is 2.67. The van der Waals surface area contributed by atoms with Crippen molar-refractivity contribution < 1.29 is 14.8 Å². The Morgan fingerprint density at radius 2 is 2.14 bits per heavy atom. The second kappa shape index (κ2) is 6.62. The molecule has 0 fully saturated rings. The topological polar surface area (TPSA) is 110 Å². The van der Waals surface area contributed by atoms with E-state index in [2.05, 4.69) is 15.3 Å². The van der Waals surface area contributed by atoms with Gasteiger partial charge in [-0.3, -0.25) is 10.1 Å². The summed E-state index contributed by atoms with van der Waals surface area (Å²) in [7, 11) is 0. The van der Waals surface area contributed by atoms with Gasteiger partial charge in [-0.2, -0.15) is 4.98 Å². The monoisotopic (exact) mass is 290 g/mol. The Labute approximate surface area is 120 Å². The molecule has 0 bridgehead atoms. The molecule has 8 heteroatoms. The molecular weight excluding hydrogens is 276 g/mol. The van der Waals surface area contributed by atoms with Crippen LogP contribution in [0.15, 0.2) is 30.6 Å². The molecule has 1 aromatic heterocycles. The summed E-state index contributed by atoms with van der Waals surface area (Å²) in [6.07, 6.45) is 1.18. The summed E-state index contributed by atoms with van der Waals surface area (Å²) in [6, 6.07) is 6.70. The standard InChI is InChI=1S/C13H14N4O4/c1-2-14-12-11(17(19)20)13(16-8-15-12)21-10-6-4-3-5-9(10)7-18/h3-6,8,18H,2,7H2,1H3,(H,14,15,16). The minimum absolute atomic E-state index is 0.0916. The van der Waals surface area contributed by atoms with Crippen LogP contribution in [0.4, 0.5) is 11.5 Å². The maximum atomic E-state index is 11.2. The fourth-order valence-corrected chi connectivity index (χ4v) is 1.74. The maximum absolute atomic E-state index is 11.2. The van der Waals surface area contributed by atoms with Crippen LogP contribution in [0.1, 0.15) is 12.5 Å². The van der Waals surface area contributed by atoms with Crippen molar-refractivity contribution in [3.8, 4) is 11.6 Å². The van der Waals surface area contributed by atoms with Crippen LogP contribution in [0.3, 0.4) is 0 Å². The first-order valence-electron chi connectivity index (χ1n) is 6.27. The summed E-state index contributed by atoms with van der Waals surface area (Å²) in [5.41, 5.74) is 0.169. The van der Waals surface area contributed by atoms with Gasteiger partial charge < -0.3 is 15.2 Å². The van der Waals surface area contributed by atoms with Crippen molar-refractivity contribution in [3.05, 3.63) is 46.3 Å². The summed E-state index contributed by atoms with van der Waals surface area (Å²) in [4.78, 5) is 18.3. The molecule has 1 aromatic carbocycles. The highest BCUT2D eigenvalue weighted by atomic mass is 16.6. The van der Waals surface area contributed by atoms with Crippen LogP contribution in [0.25, 0.3) is 0 Å². The highest BCUT2D eigenvalue weighted by molar-refractivity contribution is 5.61. The van der Waals surface area contributed by atoms with Gasteiger partial charge in [0.2, 0.25) is 5.82 Å². The number of para-hydroxylation sites is 1. The molecule has 0 radical (unpaired) electrons. The van der Waals surface area contributed by atoms with E-state index in [0.29, 0.717) is 17.9 Å². The van der Waals surface area contributed by atoms with Gasteiger partial charge in [-0.25, -0.2) is 4.98 Å². The van der Waals surface area contributed by atoms with Crippen LogP contribution in [0.5, 0.6) is 11.6 Å².